The lowest BCUT2D eigenvalue weighted by Crippen LogP contribution is -2.35. The highest BCUT2D eigenvalue weighted by atomic mass is 16.5. The Morgan fingerprint density at radius 3 is 2.44 bits per heavy atom. The average Bonchev–Trinajstić information content (AvgIpc) is 2.65. The van der Waals surface area contributed by atoms with Crippen LogP contribution in [0.15, 0.2) is 71.9 Å². The molecule has 3 rings (SSSR count). The minimum absolute atomic E-state index is 0.223. The van der Waals surface area contributed by atoms with Gasteiger partial charge in [-0.3, -0.25) is 4.90 Å². The second-order valence-corrected chi connectivity index (χ2v) is 6.11. The van der Waals surface area contributed by atoms with Crippen LogP contribution in [-0.2, 0) is 16.1 Å². The Balaban J connectivity index is 1.77. The number of ether oxygens (including phenoxy) is 1. The van der Waals surface area contributed by atoms with Gasteiger partial charge in [0, 0.05) is 37.4 Å². The van der Waals surface area contributed by atoms with Crippen molar-refractivity contribution in [3.05, 3.63) is 77.5 Å². The molecule has 0 radical (unpaired) electrons. The number of esters is 1. The van der Waals surface area contributed by atoms with E-state index in [-0.39, 0.29) is 5.97 Å². The molecular weight excluding hydrogens is 312 g/mol. The summed E-state index contributed by atoms with van der Waals surface area (Å²) in [5.74, 6) is -0.223. The maximum atomic E-state index is 12.4. The van der Waals surface area contributed by atoms with Crippen molar-refractivity contribution in [2.24, 2.45) is 0 Å². The summed E-state index contributed by atoms with van der Waals surface area (Å²) in [6.45, 7) is 4.57. The molecule has 0 unspecified atom stereocenters. The number of anilines is 1. The SMILES string of the molecule is CCOC(=O)C1=C(Nc2ccccc2)CCN(Cc2ccccc2)C1. The van der Waals surface area contributed by atoms with Gasteiger partial charge in [-0.25, -0.2) is 4.79 Å². The Kier molecular flexibility index (Phi) is 5.86. The maximum absolute atomic E-state index is 12.4. The molecule has 4 heteroatoms. The summed E-state index contributed by atoms with van der Waals surface area (Å²) in [6.07, 6.45) is 0.801. The van der Waals surface area contributed by atoms with Gasteiger partial charge in [-0.15, -0.1) is 0 Å². The van der Waals surface area contributed by atoms with Crippen LogP contribution in [0.3, 0.4) is 0 Å². The second-order valence-electron chi connectivity index (χ2n) is 6.11. The summed E-state index contributed by atoms with van der Waals surface area (Å²) in [7, 11) is 0. The van der Waals surface area contributed by atoms with Crippen molar-refractivity contribution < 1.29 is 9.53 Å². The fourth-order valence-electron chi connectivity index (χ4n) is 3.04. The second kappa shape index (κ2) is 8.49. The number of benzene rings is 2. The smallest absolute Gasteiger partial charge is 0.337 e. The third-order valence-corrected chi connectivity index (χ3v) is 4.26. The van der Waals surface area contributed by atoms with Gasteiger partial charge in [0.1, 0.15) is 0 Å². The van der Waals surface area contributed by atoms with Gasteiger partial charge in [-0.1, -0.05) is 48.5 Å². The topological polar surface area (TPSA) is 41.6 Å². The lowest BCUT2D eigenvalue weighted by atomic mass is 10.0. The highest BCUT2D eigenvalue weighted by Crippen LogP contribution is 2.23. The zero-order valence-electron chi connectivity index (χ0n) is 14.6. The van der Waals surface area contributed by atoms with Crippen LogP contribution in [0, 0.1) is 0 Å². The number of para-hydroxylation sites is 1. The molecule has 0 saturated heterocycles. The third kappa shape index (κ3) is 4.70. The molecule has 0 aromatic heterocycles. The minimum Gasteiger partial charge on any atom is -0.463 e. The van der Waals surface area contributed by atoms with Gasteiger partial charge in [0.15, 0.2) is 0 Å². The van der Waals surface area contributed by atoms with E-state index < -0.39 is 0 Å². The van der Waals surface area contributed by atoms with E-state index in [4.69, 9.17) is 4.74 Å². The standard InChI is InChI=1S/C21H24N2O2/c1-2-25-21(24)19-16-23(15-17-9-5-3-6-10-17)14-13-20(19)22-18-11-7-4-8-12-18/h3-12,22H,2,13-16H2,1H3. The Bertz CT molecular complexity index is 726. The fourth-order valence-corrected chi connectivity index (χ4v) is 3.04. The number of hydrogen-bond acceptors (Lipinski definition) is 4. The zero-order valence-corrected chi connectivity index (χ0v) is 14.6. The van der Waals surface area contributed by atoms with Crippen molar-refractivity contribution in [1.82, 2.24) is 4.90 Å². The van der Waals surface area contributed by atoms with Gasteiger partial charge in [0.05, 0.1) is 12.2 Å². The molecule has 1 heterocycles. The quantitative estimate of drug-likeness (QED) is 0.814. The predicted molar refractivity (Wildman–Crippen MR) is 100 cm³/mol. The molecule has 4 nitrogen and oxygen atoms in total. The van der Waals surface area contributed by atoms with Crippen molar-refractivity contribution >= 4 is 11.7 Å². The fraction of sp³-hybridized carbons (Fsp3) is 0.286. The van der Waals surface area contributed by atoms with E-state index in [0.29, 0.717) is 13.2 Å². The Hall–Kier alpha value is -2.59. The molecule has 0 spiro atoms. The number of nitrogens with one attached hydrogen (secondary N) is 1. The van der Waals surface area contributed by atoms with E-state index in [2.05, 4.69) is 22.3 Å². The molecule has 2 aromatic rings. The first kappa shape index (κ1) is 17.2. The van der Waals surface area contributed by atoms with Crippen LogP contribution in [0.4, 0.5) is 5.69 Å². The lowest BCUT2D eigenvalue weighted by Gasteiger charge is -2.30. The third-order valence-electron chi connectivity index (χ3n) is 4.26. The first-order valence-corrected chi connectivity index (χ1v) is 8.73. The largest absolute Gasteiger partial charge is 0.463 e. The number of carbonyl (C=O) groups is 1. The number of rotatable bonds is 6. The van der Waals surface area contributed by atoms with E-state index in [0.717, 1.165) is 36.5 Å². The van der Waals surface area contributed by atoms with Crippen molar-refractivity contribution in [1.29, 1.82) is 0 Å². The van der Waals surface area contributed by atoms with Crippen LogP contribution in [0.1, 0.15) is 18.9 Å². The van der Waals surface area contributed by atoms with Crippen LogP contribution >= 0.6 is 0 Å². The molecule has 1 N–H and O–H groups in total. The van der Waals surface area contributed by atoms with Crippen molar-refractivity contribution in [3.8, 4) is 0 Å². The number of nitrogens with zero attached hydrogens (tertiary/aromatic N) is 1. The molecule has 1 aliphatic heterocycles. The van der Waals surface area contributed by atoms with Crippen LogP contribution in [0.25, 0.3) is 0 Å². The van der Waals surface area contributed by atoms with E-state index in [1.54, 1.807) is 0 Å². The van der Waals surface area contributed by atoms with Gasteiger partial charge in [0.2, 0.25) is 0 Å². The zero-order chi connectivity index (χ0) is 17.5. The summed E-state index contributed by atoms with van der Waals surface area (Å²) in [5, 5.41) is 3.41. The summed E-state index contributed by atoms with van der Waals surface area (Å²) >= 11 is 0. The Morgan fingerprint density at radius 2 is 1.76 bits per heavy atom. The number of hydrogen-bond donors (Lipinski definition) is 1. The summed E-state index contributed by atoms with van der Waals surface area (Å²) in [4.78, 5) is 14.7. The van der Waals surface area contributed by atoms with E-state index in [9.17, 15) is 4.79 Å². The van der Waals surface area contributed by atoms with Crippen LogP contribution in [0.2, 0.25) is 0 Å². The minimum atomic E-state index is -0.223. The highest BCUT2D eigenvalue weighted by molar-refractivity contribution is 5.90. The maximum Gasteiger partial charge on any atom is 0.337 e. The molecular formula is C21H24N2O2. The predicted octanol–water partition coefficient (Wildman–Crippen LogP) is 3.82. The normalized spacial score (nSPS) is 15.1. The van der Waals surface area contributed by atoms with E-state index >= 15 is 0 Å². The van der Waals surface area contributed by atoms with Gasteiger partial charge in [-0.2, -0.15) is 0 Å². The van der Waals surface area contributed by atoms with Gasteiger partial charge in [0.25, 0.3) is 0 Å². The van der Waals surface area contributed by atoms with Crippen molar-refractivity contribution in [2.75, 3.05) is 25.0 Å². The molecule has 0 atom stereocenters. The Morgan fingerprint density at radius 1 is 1.08 bits per heavy atom. The summed E-state index contributed by atoms with van der Waals surface area (Å²) in [5.41, 5.74) is 3.95. The molecule has 0 bridgehead atoms. The van der Waals surface area contributed by atoms with Crippen LogP contribution in [-0.4, -0.2) is 30.6 Å². The molecule has 1 aliphatic rings. The Labute approximate surface area is 149 Å². The van der Waals surface area contributed by atoms with Crippen LogP contribution in [0.5, 0.6) is 0 Å². The lowest BCUT2D eigenvalue weighted by molar-refractivity contribution is -0.139. The summed E-state index contributed by atoms with van der Waals surface area (Å²) < 4.78 is 5.28. The van der Waals surface area contributed by atoms with Gasteiger partial charge >= 0.3 is 5.97 Å². The van der Waals surface area contributed by atoms with Gasteiger partial charge in [-0.05, 0) is 24.6 Å². The van der Waals surface area contributed by atoms with Crippen molar-refractivity contribution in [3.63, 3.8) is 0 Å². The first-order chi connectivity index (χ1) is 12.3. The number of carbonyl (C=O) groups excluding carboxylic acids is 1. The molecule has 2 aromatic carbocycles. The summed E-state index contributed by atoms with van der Waals surface area (Å²) in [6, 6.07) is 20.3. The van der Waals surface area contributed by atoms with E-state index in [1.807, 2.05) is 55.5 Å². The average molecular weight is 336 g/mol. The molecule has 0 aliphatic carbocycles. The molecule has 0 amide bonds. The first-order valence-electron chi connectivity index (χ1n) is 8.73. The molecule has 25 heavy (non-hydrogen) atoms. The van der Waals surface area contributed by atoms with Crippen LogP contribution < -0.4 is 5.32 Å². The molecule has 130 valence electrons. The molecule has 0 fully saturated rings. The van der Waals surface area contributed by atoms with Gasteiger partial charge < -0.3 is 10.1 Å². The van der Waals surface area contributed by atoms with E-state index in [1.165, 1.54) is 5.56 Å². The monoisotopic (exact) mass is 336 g/mol. The molecule has 0 saturated carbocycles. The van der Waals surface area contributed by atoms with Crippen molar-refractivity contribution in [2.45, 2.75) is 19.9 Å². The highest BCUT2D eigenvalue weighted by Gasteiger charge is 2.25.